The van der Waals surface area contributed by atoms with E-state index in [1.807, 2.05) is 24.3 Å². The van der Waals surface area contributed by atoms with Gasteiger partial charge < -0.3 is 0 Å². The van der Waals surface area contributed by atoms with Gasteiger partial charge in [0.1, 0.15) is 5.78 Å². The summed E-state index contributed by atoms with van der Waals surface area (Å²) in [6.45, 7) is 10.2. The van der Waals surface area contributed by atoms with Crippen molar-refractivity contribution in [1.82, 2.24) is 0 Å². The lowest BCUT2D eigenvalue weighted by Gasteiger charge is -2.66. The predicted octanol–water partition coefficient (Wildman–Crippen LogP) is 2.95. The number of hydrogen-bond donors (Lipinski definition) is 0. The van der Waals surface area contributed by atoms with Crippen LogP contribution in [0, 0.1) is 67.0 Å². The SMILES string of the molecule is CC1(C)SC2(C(C)(C)C(=O)C2(C)C)C(C#N)(C#N)C1(C#N)C#N. The van der Waals surface area contributed by atoms with Crippen LogP contribution < -0.4 is 0 Å². The summed E-state index contributed by atoms with van der Waals surface area (Å²) in [5, 5.41) is 39.7. The van der Waals surface area contributed by atoms with Crippen molar-refractivity contribution in [1.29, 1.82) is 21.0 Å². The predicted molar refractivity (Wildman–Crippen MR) is 84.3 cm³/mol. The smallest absolute Gasteiger partial charge is 0.193 e. The van der Waals surface area contributed by atoms with Crippen LogP contribution in [-0.2, 0) is 4.79 Å². The van der Waals surface area contributed by atoms with Crippen molar-refractivity contribution in [2.45, 2.75) is 51.0 Å². The van der Waals surface area contributed by atoms with E-state index in [2.05, 4.69) is 0 Å². The molecule has 5 nitrogen and oxygen atoms in total. The highest BCUT2D eigenvalue weighted by atomic mass is 32.2. The molecule has 23 heavy (non-hydrogen) atoms. The number of Topliss-reactive ketones (excluding diaryl/α,β-unsaturated/α-hetero) is 1. The summed E-state index contributed by atoms with van der Waals surface area (Å²) in [6.07, 6.45) is 0. The zero-order valence-corrected chi connectivity index (χ0v) is 14.9. The molecule has 0 atom stereocenters. The highest BCUT2D eigenvalue weighted by Crippen LogP contribution is 2.83. The first-order valence-corrected chi connectivity index (χ1v) is 8.07. The Morgan fingerprint density at radius 3 is 1.39 bits per heavy atom. The molecule has 118 valence electrons. The first-order valence-electron chi connectivity index (χ1n) is 7.26. The summed E-state index contributed by atoms with van der Waals surface area (Å²) < 4.78 is -2.11. The Morgan fingerprint density at radius 2 is 1.09 bits per heavy atom. The number of thioether (sulfide) groups is 1. The number of carbonyl (C=O) groups excluding carboxylic acids is 1. The fourth-order valence-corrected chi connectivity index (χ4v) is 7.33. The molecule has 1 aliphatic heterocycles. The number of nitriles is 4. The van der Waals surface area contributed by atoms with Gasteiger partial charge in [-0.3, -0.25) is 4.79 Å². The molecule has 0 aromatic rings. The Labute approximate surface area is 140 Å². The number of nitrogens with zero attached hydrogens (tertiary/aromatic N) is 4. The summed E-state index contributed by atoms with van der Waals surface area (Å²) in [5.41, 5.74) is -5.71. The Hall–Kier alpha value is -2.02. The Morgan fingerprint density at radius 1 is 0.739 bits per heavy atom. The molecule has 0 unspecified atom stereocenters. The van der Waals surface area contributed by atoms with Gasteiger partial charge in [-0.05, 0) is 13.8 Å². The van der Waals surface area contributed by atoms with Crippen LogP contribution in [0.3, 0.4) is 0 Å². The number of hydrogen-bond acceptors (Lipinski definition) is 6. The zero-order chi connectivity index (χ0) is 18.1. The van der Waals surface area contributed by atoms with Crippen LogP contribution in [-0.4, -0.2) is 15.3 Å². The molecule has 6 heteroatoms. The second-order valence-corrected chi connectivity index (χ2v) is 9.66. The van der Waals surface area contributed by atoms with Gasteiger partial charge in [0.15, 0.2) is 10.8 Å². The fourth-order valence-electron chi connectivity index (χ4n) is 5.08. The van der Waals surface area contributed by atoms with E-state index in [-0.39, 0.29) is 5.78 Å². The van der Waals surface area contributed by atoms with Crippen molar-refractivity contribution in [2.24, 2.45) is 21.7 Å². The van der Waals surface area contributed by atoms with Crippen molar-refractivity contribution < 1.29 is 4.79 Å². The number of ketones is 1. The molecular formula is C17H18N4OS. The summed E-state index contributed by atoms with van der Waals surface area (Å²) in [7, 11) is 0. The van der Waals surface area contributed by atoms with Gasteiger partial charge in [0.2, 0.25) is 0 Å². The molecule has 2 aliphatic rings. The summed E-state index contributed by atoms with van der Waals surface area (Å²) in [4.78, 5) is 12.7. The minimum absolute atomic E-state index is 0.0603. The quantitative estimate of drug-likeness (QED) is 0.676. The van der Waals surface area contributed by atoms with Crippen LogP contribution >= 0.6 is 11.8 Å². The summed E-state index contributed by atoms with van der Waals surface area (Å²) >= 11 is 1.28. The van der Waals surface area contributed by atoms with Crippen molar-refractivity contribution in [2.75, 3.05) is 0 Å². The maximum absolute atomic E-state index is 12.7. The van der Waals surface area contributed by atoms with Crippen molar-refractivity contribution in [3.05, 3.63) is 0 Å². The summed E-state index contributed by atoms with van der Waals surface area (Å²) in [6, 6.07) is 8.01. The molecule has 1 heterocycles. The fraction of sp³-hybridized carbons (Fsp3) is 0.706. The average Bonchev–Trinajstić information content (AvgIpc) is 2.68. The van der Waals surface area contributed by atoms with Crippen molar-refractivity contribution in [3.8, 4) is 24.3 Å². The molecule has 0 N–H and O–H groups in total. The van der Waals surface area contributed by atoms with Crippen molar-refractivity contribution in [3.63, 3.8) is 0 Å². The van der Waals surface area contributed by atoms with E-state index in [4.69, 9.17) is 0 Å². The van der Waals surface area contributed by atoms with Gasteiger partial charge in [-0.25, -0.2) is 0 Å². The van der Waals surface area contributed by atoms with E-state index in [1.165, 1.54) is 11.8 Å². The van der Waals surface area contributed by atoms with Gasteiger partial charge >= 0.3 is 0 Å². The topological polar surface area (TPSA) is 112 Å². The molecule has 1 saturated carbocycles. The maximum Gasteiger partial charge on any atom is 0.193 e. The lowest BCUT2D eigenvalue weighted by molar-refractivity contribution is -0.167. The van der Waals surface area contributed by atoms with Crippen LogP contribution in [0.1, 0.15) is 41.5 Å². The molecule has 0 radical (unpaired) electrons. The van der Waals surface area contributed by atoms with Crippen LogP contribution in [0.5, 0.6) is 0 Å². The molecule has 1 saturated heterocycles. The molecular weight excluding hydrogens is 308 g/mol. The Balaban J connectivity index is 3.05. The highest BCUT2D eigenvalue weighted by molar-refractivity contribution is 8.02. The van der Waals surface area contributed by atoms with Gasteiger partial charge in [-0.2, -0.15) is 21.0 Å². The van der Waals surface area contributed by atoms with Gasteiger partial charge in [0.25, 0.3) is 0 Å². The van der Waals surface area contributed by atoms with Crippen LogP contribution in [0.25, 0.3) is 0 Å². The highest BCUT2D eigenvalue weighted by Gasteiger charge is 2.91. The molecule has 0 aromatic carbocycles. The summed E-state index contributed by atoms with van der Waals surface area (Å²) in [5.74, 6) is -0.0603. The van der Waals surface area contributed by atoms with Gasteiger partial charge in [-0.15, -0.1) is 11.8 Å². The lowest BCUT2D eigenvalue weighted by atomic mass is 9.35. The maximum atomic E-state index is 12.7. The zero-order valence-electron chi connectivity index (χ0n) is 14.1. The minimum Gasteiger partial charge on any atom is -0.298 e. The van der Waals surface area contributed by atoms with E-state index >= 15 is 0 Å². The normalized spacial score (nSPS) is 29.4. The van der Waals surface area contributed by atoms with E-state index in [0.717, 1.165) is 0 Å². The number of rotatable bonds is 0. The van der Waals surface area contributed by atoms with Crippen LogP contribution in [0.15, 0.2) is 0 Å². The molecule has 2 fully saturated rings. The van der Waals surface area contributed by atoms with Crippen molar-refractivity contribution >= 4 is 17.5 Å². The third-order valence-corrected chi connectivity index (χ3v) is 8.42. The second-order valence-electron chi connectivity index (χ2n) is 7.82. The van der Waals surface area contributed by atoms with E-state index < -0.39 is 31.2 Å². The third kappa shape index (κ3) is 1.21. The van der Waals surface area contributed by atoms with Gasteiger partial charge in [0.05, 0.1) is 29.0 Å². The Kier molecular flexibility index (Phi) is 3.08. The number of carbonyl (C=O) groups is 1. The largest absolute Gasteiger partial charge is 0.298 e. The lowest BCUT2D eigenvalue weighted by Crippen LogP contribution is -2.78. The van der Waals surface area contributed by atoms with E-state index in [0.29, 0.717) is 0 Å². The molecule has 0 amide bonds. The molecule has 1 spiro atoms. The first-order chi connectivity index (χ1) is 10.4. The Bertz CT molecular complexity index is 733. The van der Waals surface area contributed by atoms with Crippen LogP contribution in [0.2, 0.25) is 0 Å². The minimum atomic E-state index is -1.90. The van der Waals surface area contributed by atoms with Gasteiger partial charge in [-0.1, -0.05) is 27.7 Å². The molecule has 1 aliphatic carbocycles. The molecule has 2 rings (SSSR count). The van der Waals surface area contributed by atoms with E-state index in [1.54, 1.807) is 41.5 Å². The van der Waals surface area contributed by atoms with Gasteiger partial charge in [0, 0.05) is 15.6 Å². The van der Waals surface area contributed by atoms with Crippen LogP contribution in [0.4, 0.5) is 0 Å². The second kappa shape index (κ2) is 4.08. The monoisotopic (exact) mass is 326 g/mol. The first kappa shape index (κ1) is 17.3. The average molecular weight is 326 g/mol. The molecule has 0 aromatic heterocycles. The van der Waals surface area contributed by atoms with E-state index in [9.17, 15) is 25.8 Å². The molecule has 0 bridgehead atoms. The third-order valence-electron chi connectivity index (χ3n) is 5.97. The standard InChI is InChI=1S/C17H18N4OS/c1-12(2)11(22)13(3,4)17(12)16(9-20,10-21)15(7-18,8-19)14(5,6)23-17/h1-6H3.